The van der Waals surface area contributed by atoms with Crippen molar-refractivity contribution in [2.24, 2.45) is 5.16 Å². The number of amides is 1. The first kappa shape index (κ1) is 23.5. The molecule has 0 fully saturated rings. The molecule has 3 aromatic rings. The third-order valence-electron chi connectivity index (χ3n) is 4.96. The van der Waals surface area contributed by atoms with Crippen LogP contribution in [0.1, 0.15) is 41.1 Å². The van der Waals surface area contributed by atoms with E-state index in [1.54, 1.807) is 42.5 Å². The van der Waals surface area contributed by atoms with Crippen LogP contribution in [0, 0.1) is 0 Å². The number of Topliss-reactive ketones (excluding diaryl/α,β-unsaturated/α-hetero) is 1. The van der Waals surface area contributed by atoms with Crippen molar-refractivity contribution >= 4 is 46.3 Å². The first-order chi connectivity index (χ1) is 15.5. The number of hydrogen-bond acceptors (Lipinski definition) is 4. The Kier molecular flexibility index (Phi) is 8.42. The van der Waals surface area contributed by atoms with Crippen molar-refractivity contribution < 1.29 is 14.8 Å². The summed E-state index contributed by atoms with van der Waals surface area (Å²) in [5, 5.41) is 16.7. The fourth-order valence-corrected chi connectivity index (χ4v) is 3.85. The second-order valence-corrected chi connectivity index (χ2v) is 8.03. The van der Waals surface area contributed by atoms with Gasteiger partial charge in [-0.05, 0) is 36.6 Å². The van der Waals surface area contributed by atoms with E-state index in [2.05, 4.69) is 10.5 Å². The van der Waals surface area contributed by atoms with Gasteiger partial charge in [-0.2, -0.15) is 0 Å². The van der Waals surface area contributed by atoms with Crippen molar-refractivity contribution in [2.45, 2.75) is 25.2 Å². The van der Waals surface area contributed by atoms with E-state index in [1.165, 1.54) is 0 Å². The SMILES string of the molecule is O=C(CCC/C(=N\O)[C@H](C(=O)c1ccccc1)c1ccccc1)Nc1ccc(Cl)cc1Cl. The van der Waals surface area contributed by atoms with E-state index in [4.69, 9.17) is 23.2 Å². The minimum atomic E-state index is -0.739. The number of anilines is 1. The van der Waals surface area contributed by atoms with Crippen LogP contribution in [0.3, 0.4) is 0 Å². The molecule has 0 radical (unpaired) electrons. The highest BCUT2D eigenvalue weighted by molar-refractivity contribution is 6.36. The molecule has 7 heteroatoms. The Morgan fingerprint density at radius 2 is 1.56 bits per heavy atom. The molecule has 0 aliphatic carbocycles. The van der Waals surface area contributed by atoms with E-state index in [9.17, 15) is 14.8 Å². The van der Waals surface area contributed by atoms with Gasteiger partial charge in [-0.25, -0.2) is 0 Å². The van der Waals surface area contributed by atoms with Gasteiger partial charge in [0.25, 0.3) is 0 Å². The van der Waals surface area contributed by atoms with E-state index >= 15 is 0 Å². The minimum Gasteiger partial charge on any atom is -0.411 e. The molecule has 2 N–H and O–H groups in total. The van der Waals surface area contributed by atoms with Crippen molar-refractivity contribution in [3.8, 4) is 0 Å². The zero-order chi connectivity index (χ0) is 22.9. The number of oxime groups is 1. The second-order valence-electron chi connectivity index (χ2n) is 7.19. The average molecular weight is 469 g/mol. The number of carbonyl (C=O) groups excluding carboxylic acids is 2. The number of nitrogens with zero attached hydrogens (tertiary/aromatic N) is 1. The number of hydrogen-bond donors (Lipinski definition) is 2. The molecule has 0 spiro atoms. The van der Waals surface area contributed by atoms with Crippen molar-refractivity contribution in [3.63, 3.8) is 0 Å². The maximum Gasteiger partial charge on any atom is 0.224 e. The van der Waals surface area contributed by atoms with Crippen molar-refractivity contribution in [1.29, 1.82) is 0 Å². The largest absolute Gasteiger partial charge is 0.411 e. The molecule has 0 unspecified atom stereocenters. The quantitative estimate of drug-likeness (QED) is 0.160. The van der Waals surface area contributed by atoms with Gasteiger partial charge in [0.15, 0.2) is 5.78 Å². The zero-order valence-corrected chi connectivity index (χ0v) is 18.7. The maximum atomic E-state index is 13.3. The van der Waals surface area contributed by atoms with E-state index in [0.717, 1.165) is 5.56 Å². The second kappa shape index (κ2) is 11.5. The smallest absolute Gasteiger partial charge is 0.224 e. The molecule has 32 heavy (non-hydrogen) atoms. The number of nitrogens with one attached hydrogen (secondary N) is 1. The van der Waals surface area contributed by atoms with Crippen LogP contribution in [-0.4, -0.2) is 22.6 Å². The average Bonchev–Trinajstić information content (AvgIpc) is 2.81. The molecule has 1 amide bonds. The van der Waals surface area contributed by atoms with Gasteiger partial charge in [0.2, 0.25) is 5.91 Å². The van der Waals surface area contributed by atoms with Gasteiger partial charge in [0.1, 0.15) is 0 Å². The number of rotatable bonds is 9. The molecular weight excluding hydrogens is 447 g/mol. The molecule has 0 heterocycles. The van der Waals surface area contributed by atoms with Crippen LogP contribution in [0.5, 0.6) is 0 Å². The van der Waals surface area contributed by atoms with Crippen molar-refractivity contribution in [1.82, 2.24) is 0 Å². The third-order valence-corrected chi connectivity index (χ3v) is 5.50. The van der Waals surface area contributed by atoms with Crippen LogP contribution in [0.15, 0.2) is 84.0 Å². The van der Waals surface area contributed by atoms with E-state index in [1.807, 2.05) is 36.4 Å². The number of benzene rings is 3. The summed E-state index contributed by atoms with van der Waals surface area (Å²) >= 11 is 12.0. The topological polar surface area (TPSA) is 78.8 Å². The highest BCUT2D eigenvalue weighted by atomic mass is 35.5. The lowest BCUT2D eigenvalue weighted by molar-refractivity contribution is -0.116. The Morgan fingerprint density at radius 3 is 2.19 bits per heavy atom. The monoisotopic (exact) mass is 468 g/mol. The van der Waals surface area contributed by atoms with Gasteiger partial charge >= 0.3 is 0 Å². The molecule has 0 aliphatic rings. The lowest BCUT2D eigenvalue weighted by Crippen LogP contribution is -2.23. The van der Waals surface area contributed by atoms with Gasteiger partial charge < -0.3 is 10.5 Å². The van der Waals surface area contributed by atoms with Crippen LogP contribution in [0.25, 0.3) is 0 Å². The Bertz CT molecular complexity index is 1100. The fraction of sp³-hybridized carbons (Fsp3) is 0.160. The predicted molar refractivity (Wildman–Crippen MR) is 128 cm³/mol. The summed E-state index contributed by atoms with van der Waals surface area (Å²) in [6.07, 6.45) is 0.831. The molecule has 0 aliphatic heterocycles. The lowest BCUT2D eigenvalue weighted by atomic mass is 9.85. The Hall–Kier alpha value is -3.15. The van der Waals surface area contributed by atoms with Gasteiger partial charge in [0, 0.05) is 17.0 Å². The van der Waals surface area contributed by atoms with E-state index in [0.29, 0.717) is 33.4 Å². The third kappa shape index (κ3) is 6.19. The number of halogens is 2. The number of ketones is 1. The summed E-state index contributed by atoms with van der Waals surface area (Å²) in [6.45, 7) is 0. The molecule has 0 saturated carbocycles. The molecule has 1 atom stereocenters. The predicted octanol–water partition coefficient (Wildman–Crippen LogP) is 6.60. The van der Waals surface area contributed by atoms with Crippen LogP contribution < -0.4 is 5.32 Å². The highest BCUT2D eigenvalue weighted by Gasteiger charge is 2.27. The molecule has 3 aromatic carbocycles. The first-order valence-electron chi connectivity index (χ1n) is 10.1. The van der Waals surface area contributed by atoms with Crippen LogP contribution in [-0.2, 0) is 4.79 Å². The van der Waals surface area contributed by atoms with Crippen LogP contribution in [0.2, 0.25) is 10.0 Å². The Morgan fingerprint density at radius 1 is 0.906 bits per heavy atom. The van der Waals surface area contributed by atoms with Crippen molar-refractivity contribution in [3.05, 3.63) is 100 Å². The summed E-state index contributed by atoms with van der Waals surface area (Å²) in [6, 6.07) is 22.9. The molecule has 0 aromatic heterocycles. The summed E-state index contributed by atoms with van der Waals surface area (Å²) in [4.78, 5) is 25.6. The Labute approximate surface area is 196 Å². The highest BCUT2D eigenvalue weighted by Crippen LogP contribution is 2.27. The minimum absolute atomic E-state index is 0.165. The van der Waals surface area contributed by atoms with E-state index < -0.39 is 5.92 Å². The van der Waals surface area contributed by atoms with Gasteiger partial charge in [-0.3, -0.25) is 9.59 Å². The molecule has 0 saturated heterocycles. The molecule has 5 nitrogen and oxygen atoms in total. The normalized spacial score (nSPS) is 12.2. The van der Waals surface area contributed by atoms with Gasteiger partial charge in [-0.1, -0.05) is 89.0 Å². The molecular formula is C25H22Cl2N2O3. The molecule has 3 rings (SSSR count). The number of carbonyl (C=O) groups is 2. The summed E-state index contributed by atoms with van der Waals surface area (Å²) < 4.78 is 0. The van der Waals surface area contributed by atoms with Crippen LogP contribution >= 0.6 is 23.2 Å². The summed E-state index contributed by atoms with van der Waals surface area (Å²) in [7, 11) is 0. The van der Waals surface area contributed by atoms with Gasteiger partial charge in [-0.15, -0.1) is 0 Å². The lowest BCUT2D eigenvalue weighted by Gasteiger charge is -2.18. The fourth-order valence-electron chi connectivity index (χ4n) is 3.40. The maximum absolute atomic E-state index is 13.3. The summed E-state index contributed by atoms with van der Waals surface area (Å²) in [5.41, 5.74) is 2.03. The standard InChI is InChI=1S/C25H22Cl2N2O3/c26-19-14-15-21(20(27)16-19)28-23(30)13-7-12-22(29-32)24(17-8-3-1-4-9-17)25(31)18-10-5-2-6-11-18/h1-6,8-11,14-16,24,32H,7,12-13H2,(H,28,30)/b29-22+/t24-/m1/s1. The van der Waals surface area contributed by atoms with Crippen molar-refractivity contribution in [2.75, 3.05) is 5.32 Å². The summed E-state index contributed by atoms with van der Waals surface area (Å²) in [5.74, 6) is -1.14. The first-order valence-corrected chi connectivity index (χ1v) is 10.8. The Balaban J connectivity index is 1.69. The van der Waals surface area contributed by atoms with Crippen LogP contribution in [0.4, 0.5) is 5.69 Å². The van der Waals surface area contributed by atoms with Gasteiger partial charge in [0.05, 0.1) is 22.3 Å². The molecule has 164 valence electrons. The zero-order valence-electron chi connectivity index (χ0n) is 17.2. The molecule has 0 bridgehead atoms. The van der Waals surface area contributed by atoms with E-state index in [-0.39, 0.29) is 24.5 Å².